The van der Waals surface area contributed by atoms with E-state index in [1.54, 1.807) is 25.3 Å². The van der Waals surface area contributed by atoms with Gasteiger partial charge in [0.15, 0.2) is 11.5 Å². The Bertz CT molecular complexity index is 662. The van der Waals surface area contributed by atoms with Crippen molar-refractivity contribution in [3.63, 3.8) is 0 Å². The molecule has 2 aromatic rings. The fourth-order valence-electron chi connectivity index (χ4n) is 2.04. The number of nitrogens with zero attached hydrogens (tertiary/aromatic N) is 1. The highest BCUT2D eigenvalue weighted by Crippen LogP contribution is 2.35. The maximum Gasteiger partial charge on any atom is 0.169 e. The van der Waals surface area contributed by atoms with Crippen LogP contribution in [0.2, 0.25) is 0 Å². The number of nitriles is 1. The molecule has 0 saturated carbocycles. The van der Waals surface area contributed by atoms with Crippen molar-refractivity contribution in [3.05, 3.63) is 53.6 Å². The van der Waals surface area contributed by atoms with Crippen LogP contribution in [-0.4, -0.2) is 7.11 Å². The third kappa shape index (κ3) is 3.33. The molecule has 2 N–H and O–H groups in total. The zero-order valence-corrected chi connectivity index (χ0v) is 12.2. The van der Waals surface area contributed by atoms with Crippen molar-refractivity contribution in [1.29, 1.82) is 5.26 Å². The van der Waals surface area contributed by atoms with Gasteiger partial charge < -0.3 is 15.2 Å². The van der Waals surface area contributed by atoms with Gasteiger partial charge in [0, 0.05) is 17.7 Å². The molecule has 2 aromatic carbocycles. The van der Waals surface area contributed by atoms with Gasteiger partial charge in [0.25, 0.3) is 0 Å². The standard InChI is InChI=1S/C17H18N2O2/c1-3-14(19)13-6-4-5-7-15(13)21-16-9-8-12(11-18)10-17(16)20-2/h4-10,14H,3,19H2,1-2H3/t14-/m0/s1. The van der Waals surface area contributed by atoms with E-state index in [2.05, 4.69) is 6.07 Å². The number of methoxy groups -OCH3 is 1. The van der Waals surface area contributed by atoms with Crippen LogP contribution >= 0.6 is 0 Å². The average molecular weight is 282 g/mol. The molecule has 0 aliphatic rings. The van der Waals surface area contributed by atoms with Crippen molar-refractivity contribution in [1.82, 2.24) is 0 Å². The summed E-state index contributed by atoms with van der Waals surface area (Å²) in [5.74, 6) is 1.79. The first-order chi connectivity index (χ1) is 10.2. The van der Waals surface area contributed by atoms with Gasteiger partial charge in [0.1, 0.15) is 5.75 Å². The predicted molar refractivity (Wildman–Crippen MR) is 81.4 cm³/mol. The van der Waals surface area contributed by atoms with Crippen molar-refractivity contribution >= 4 is 0 Å². The van der Waals surface area contributed by atoms with Crippen LogP contribution in [0.15, 0.2) is 42.5 Å². The zero-order chi connectivity index (χ0) is 15.2. The minimum Gasteiger partial charge on any atom is -0.493 e. The lowest BCUT2D eigenvalue weighted by Crippen LogP contribution is -2.09. The third-order valence-electron chi connectivity index (χ3n) is 3.27. The molecule has 2 rings (SSSR count). The van der Waals surface area contributed by atoms with Gasteiger partial charge in [-0.05, 0) is 24.6 Å². The van der Waals surface area contributed by atoms with E-state index in [0.29, 0.717) is 22.8 Å². The fraction of sp³-hybridized carbons (Fsp3) is 0.235. The highest BCUT2D eigenvalue weighted by Gasteiger charge is 2.13. The van der Waals surface area contributed by atoms with E-state index < -0.39 is 0 Å². The summed E-state index contributed by atoms with van der Waals surface area (Å²) in [5.41, 5.74) is 7.59. The topological polar surface area (TPSA) is 68.3 Å². The van der Waals surface area contributed by atoms with E-state index in [1.165, 1.54) is 0 Å². The Hall–Kier alpha value is -2.51. The lowest BCUT2D eigenvalue weighted by Gasteiger charge is -2.16. The summed E-state index contributed by atoms with van der Waals surface area (Å²) < 4.78 is 11.2. The molecule has 0 aliphatic heterocycles. The van der Waals surface area contributed by atoms with E-state index in [-0.39, 0.29) is 6.04 Å². The summed E-state index contributed by atoms with van der Waals surface area (Å²) in [7, 11) is 1.55. The first kappa shape index (κ1) is 14.9. The van der Waals surface area contributed by atoms with Gasteiger partial charge in [0.05, 0.1) is 18.7 Å². The molecule has 0 bridgehead atoms. The van der Waals surface area contributed by atoms with Gasteiger partial charge in [0.2, 0.25) is 0 Å². The largest absolute Gasteiger partial charge is 0.493 e. The Labute approximate surface area is 124 Å². The number of ether oxygens (including phenoxy) is 2. The van der Waals surface area contributed by atoms with Crippen LogP contribution in [0.1, 0.15) is 30.5 Å². The second-order valence-corrected chi connectivity index (χ2v) is 4.63. The number of para-hydroxylation sites is 1. The Morgan fingerprint density at radius 1 is 1.14 bits per heavy atom. The van der Waals surface area contributed by atoms with Crippen molar-refractivity contribution in [2.75, 3.05) is 7.11 Å². The molecule has 0 heterocycles. The number of hydrogen-bond donors (Lipinski definition) is 1. The van der Waals surface area contributed by atoms with E-state index in [1.807, 2.05) is 31.2 Å². The summed E-state index contributed by atoms with van der Waals surface area (Å²) in [6.07, 6.45) is 0.824. The van der Waals surface area contributed by atoms with Crippen LogP contribution in [-0.2, 0) is 0 Å². The van der Waals surface area contributed by atoms with Crippen LogP contribution < -0.4 is 15.2 Å². The first-order valence-corrected chi connectivity index (χ1v) is 6.80. The summed E-state index contributed by atoms with van der Waals surface area (Å²) in [6.45, 7) is 2.03. The van der Waals surface area contributed by atoms with Gasteiger partial charge in [-0.15, -0.1) is 0 Å². The Morgan fingerprint density at radius 3 is 2.57 bits per heavy atom. The van der Waals surface area contributed by atoms with E-state index in [9.17, 15) is 0 Å². The molecule has 0 amide bonds. The number of benzene rings is 2. The molecule has 4 nitrogen and oxygen atoms in total. The van der Waals surface area contributed by atoms with Crippen LogP contribution in [0.25, 0.3) is 0 Å². The Morgan fingerprint density at radius 2 is 1.90 bits per heavy atom. The van der Waals surface area contributed by atoms with Gasteiger partial charge in [-0.2, -0.15) is 5.26 Å². The molecule has 0 unspecified atom stereocenters. The summed E-state index contributed by atoms with van der Waals surface area (Å²) >= 11 is 0. The molecule has 0 aromatic heterocycles. The summed E-state index contributed by atoms with van der Waals surface area (Å²) in [6, 6.07) is 14.7. The summed E-state index contributed by atoms with van der Waals surface area (Å²) in [5, 5.41) is 8.92. The predicted octanol–water partition coefficient (Wildman–Crippen LogP) is 3.77. The molecule has 108 valence electrons. The molecule has 0 saturated heterocycles. The lowest BCUT2D eigenvalue weighted by molar-refractivity contribution is 0.376. The number of nitrogens with two attached hydrogens (primary N) is 1. The van der Waals surface area contributed by atoms with Crippen molar-refractivity contribution < 1.29 is 9.47 Å². The van der Waals surface area contributed by atoms with Crippen molar-refractivity contribution in [3.8, 4) is 23.3 Å². The highest BCUT2D eigenvalue weighted by molar-refractivity contribution is 5.49. The van der Waals surface area contributed by atoms with Gasteiger partial charge in [-0.3, -0.25) is 0 Å². The van der Waals surface area contributed by atoms with Gasteiger partial charge in [-0.1, -0.05) is 25.1 Å². The SMILES string of the molecule is CC[C@H](N)c1ccccc1Oc1ccc(C#N)cc1OC. The van der Waals surface area contributed by atoms with Crippen LogP contribution in [0.3, 0.4) is 0 Å². The number of rotatable bonds is 5. The van der Waals surface area contributed by atoms with E-state index in [0.717, 1.165) is 12.0 Å². The number of hydrogen-bond acceptors (Lipinski definition) is 4. The molecule has 0 fully saturated rings. The molecular weight excluding hydrogens is 264 g/mol. The zero-order valence-electron chi connectivity index (χ0n) is 12.2. The smallest absolute Gasteiger partial charge is 0.169 e. The first-order valence-electron chi connectivity index (χ1n) is 6.80. The Kier molecular flexibility index (Phi) is 4.81. The molecule has 0 aliphatic carbocycles. The Balaban J connectivity index is 2.37. The maximum atomic E-state index is 8.92. The average Bonchev–Trinajstić information content (AvgIpc) is 2.55. The third-order valence-corrected chi connectivity index (χ3v) is 3.27. The van der Waals surface area contributed by atoms with E-state index in [4.69, 9.17) is 20.5 Å². The van der Waals surface area contributed by atoms with Gasteiger partial charge >= 0.3 is 0 Å². The molecular formula is C17H18N2O2. The molecule has 21 heavy (non-hydrogen) atoms. The summed E-state index contributed by atoms with van der Waals surface area (Å²) in [4.78, 5) is 0. The second-order valence-electron chi connectivity index (χ2n) is 4.63. The van der Waals surface area contributed by atoms with Gasteiger partial charge in [-0.25, -0.2) is 0 Å². The minimum atomic E-state index is -0.0782. The van der Waals surface area contributed by atoms with Crippen LogP contribution in [0.5, 0.6) is 17.2 Å². The monoisotopic (exact) mass is 282 g/mol. The fourth-order valence-corrected chi connectivity index (χ4v) is 2.04. The highest BCUT2D eigenvalue weighted by atomic mass is 16.5. The lowest BCUT2D eigenvalue weighted by atomic mass is 10.0. The van der Waals surface area contributed by atoms with Crippen molar-refractivity contribution in [2.45, 2.75) is 19.4 Å². The van der Waals surface area contributed by atoms with E-state index >= 15 is 0 Å². The van der Waals surface area contributed by atoms with Crippen LogP contribution in [0, 0.1) is 11.3 Å². The molecule has 0 radical (unpaired) electrons. The maximum absolute atomic E-state index is 8.92. The molecule has 0 spiro atoms. The quantitative estimate of drug-likeness (QED) is 0.906. The second kappa shape index (κ2) is 6.78. The molecule has 4 heteroatoms. The van der Waals surface area contributed by atoms with Crippen LogP contribution in [0.4, 0.5) is 0 Å². The molecule has 1 atom stereocenters. The normalized spacial score (nSPS) is 11.5. The van der Waals surface area contributed by atoms with Crippen molar-refractivity contribution in [2.24, 2.45) is 5.73 Å². The minimum absolute atomic E-state index is 0.0782.